The van der Waals surface area contributed by atoms with Crippen molar-refractivity contribution in [2.45, 2.75) is 25.4 Å². The molecule has 6 nitrogen and oxygen atoms in total. The Hall–Kier alpha value is -2.19. The van der Waals surface area contributed by atoms with Crippen LogP contribution in [0.5, 0.6) is 5.75 Å². The number of benzene rings is 1. The van der Waals surface area contributed by atoms with Crippen molar-refractivity contribution in [1.29, 1.82) is 0 Å². The number of ether oxygens (including phenoxy) is 1. The van der Waals surface area contributed by atoms with Gasteiger partial charge < -0.3 is 9.26 Å². The topological polar surface area (TPSA) is 82.3 Å². The lowest BCUT2D eigenvalue weighted by atomic mass is 10.2. The van der Waals surface area contributed by atoms with E-state index in [1.165, 1.54) is 11.3 Å². The highest BCUT2D eigenvalue weighted by Gasteiger charge is 2.18. The Kier molecular flexibility index (Phi) is 5.19. The van der Waals surface area contributed by atoms with Crippen LogP contribution >= 0.6 is 11.3 Å². The number of sulfone groups is 1. The molecule has 2 aromatic heterocycles. The summed E-state index contributed by atoms with van der Waals surface area (Å²) in [5, 5.41) is 6.29. The second-order valence-electron chi connectivity index (χ2n) is 5.56. The fourth-order valence-electron chi connectivity index (χ4n) is 2.35. The summed E-state index contributed by atoms with van der Waals surface area (Å²) in [5.41, 5.74) is 1.89. The number of aryl methyl sites for hydroxylation is 1. The van der Waals surface area contributed by atoms with Crippen molar-refractivity contribution in [3.8, 4) is 16.3 Å². The second-order valence-corrected chi connectivity index (χ2v) is 8.49. The van der Waals surface area contributed by atoms with Crippen LogP contribution in [0, 0.1) is 6.92 Å². The number of aromatic nitrogens is 2. The summed E-state index contributed by atoms with van der Waals surface area (Å²) in [6, 6.07) is 9.22. The van der Waals surface area contributed by atoms with Crippen molar-refractivity contribution in [1.82, 2.24) is 10.1 Å². The van der Waals surface area contributed by atoms with Gasteiger partial charge in [-0.3, -0.25) is 0 Å². The summed E-state index contributed by atoms with van der Waals surface area (Å²) in [4.78, 5) is 4.44. The average Bonchev–Trinajstić information content (AvgIpc) is 3.17. The standard InChI is InChI=1S/C17H18N2O4S2/c1-3-22-16-6-4-13(5-7-16)17-18-15(9-24-17)11-25(20,21)10-14-8-12(2)23-19-14/h4-9H,3,10-11H2,1-2H3. The lowest BCUT2D eigenvalue weighted by Gasteiger charge is -2.03. The van der Waals surface area contributed by atoms with Crippen molar-refractivity contribution in [2.75, 3.05) is 6.61 Å². The van der Waals surface area contributed by atoms with E-state index in [1.54, 1.807) is 18.4 Å². The minimum atomic E-state index is -3.36. The first-order valence-electron chi connectivity index (χ1n) is 7.75. The van der Waals surface area contributed by atoms with E-state index >= 15 is 0 Å². The molecule has 3 aromatic rings. The van der Waals surface area contributed by atoms with Crippen LogP contribution in [-0.4, -0.2) is 25.2 Å². The van der Waals surface area contributed by atoms with Crippen LogP contribution in [0.3, 0.4) is 0 Å². The highest BCUT2D eigenvalue weighted by molar-refractivity contribution is 7.89. The molecular formula is C17H18N2O4S2. The summed E-state index contributed by atoms with van der Waals surface area (Å²) >= 11 is 1.42. The summed E-state index contributed by atoms with van der Waals surface area (Å²) < 4.78 is 34.9. The maximum atomic E-state index is 12.3. The first-order valence-corrected chi connectivity index (χ1v) is 10.5. The molecule has 0 aliphatic carbocycles. The number of rotatable bonds is 7. The van der Waals surface area contributed by atoms with Crippen LogP contribution in [0.25, 0.3) is 10.6 Å². The molecule has 0 unspecified atom stereocenters. The van der Waals surface area contributed by atoms with Gasteiger partial charge in [0.25, 0.3) is 0 Å². The number of hydrogen-bond acceptors (Lipinski definition) is 7. The molecule has 2 heterocycles. The summed E-state index contributed by atoms with van der Waals surface area (Å²) in [6.45, 7) is 4.28. The average molecular weight is 378 g/mol. The van der Waals surface area contributed by atoms with Gasteiger partial charge in [-0.2, -0.15) is 0 Å². The van der Waals surface area contributed by atoms with Gasteiger partial charge in [-0.25, -0.2) is 13.4 Å². The van der Waals surface area contributed by atoms with Crippen molar-refractivity contribution in [3.63, 3.8) is 0 Å². The molecule has 0 N–H and O–H groups in total. The molecule has 0 bridgehead atoms. The SMILES string of the molecule is CCOc1ccc(-c2nc(CS(=O)(=O)Cc3cc(C)on3)cs2)cc1. The number of hydrogen-bond donors (Lipinski definition) is 0. The zero-order chi connectivity index (χ0) is 17.9. The molecule has 0 saturated heterocycles. The highest BCUT2D eigenvalue weighted by Crippen LogP contribution is 2.26. The third-order valence-electron chi connectivity index (χ3n) is 3.38. The van der Waals surface area contributed by atoms with Crippen LogP contribution < -0.4 is 4.74 Å². The summed E-state index contributed by atoms with van der Waals surface area (Å²) in [7, 11) is -3.36. The molecule has 132 valence electrons. The van der Waals surface area contributed by atoms with Gasteiger partial charge in [0.05, 0.1) is 29.5 Å². The largest absolute Gasteiger partial charge is 0.494 e. The Bertz CT molecular complexity index is 943. The molecule has 8 heteroatoms. The van der Waals surface area contributed by atoms with Gasteiger partial charge >= 0.3 is 0 Å². The molecule has 25 heavy (non-hydrogen) atoms. The molecule has 0 amide bonds. The van der Waals surface area contributed by atoms with Gasteiger partial charge in [0.2, 0.25) is 0 Å². The van der Waals surface area contributed by atoms with Crippen LogP contribution in [0.15, 0.2) is 40.2 Å². The van der Waals surface area contributed by atoms with E-state index in [0.717, 1.165) is 16.3 Å². The third kappa shape index (κ3) is 4.67. The Balaban J connectivity index is 1.70. The molecule has 0 aliphatic heterocycles. The fourth-order valence-corrected chi connectivity index (χ4v) is 4.57. The Morgan fingerprint density at radius 2 is 1.88 bits per heavy atom. The van der Waals surface area contributed by atoms with E-state index in [0.29, 0.717) is 23.8 Å². The van der Waals surface area contributed by atoms with Gasteiger partial charge in [-0.15, -0.1) is 11.3 Å². The first-order chi connectivity index (χ1) is 11.9. The molecular weight excluding hydrogens is 360 g/mol. The summed E-state index contributed by atoms with van der Waals surface area (Å²) in [5.74, 6) is 1.12. The summed E-state index contributed by atoms with van der Waals surface area (Å²) in [6.07, 6.45) is 0. The maximum absolute atomic E-state index is 12.3. The van der Waals surface area contributed by atoms with Crippen LogP contribution in [0.4, 0.5) is 0 Å². The lowest BCUT2D eigenvalue weighted by molar-refractivity contribution is 0.340. The Morgan fingerprint density at radius 1 is 1.16 bits per heavy atom. The minimum Gasteiger partial charge on any atom is -0.494 e. The van der Waals surface area contributed by atoms with E-state index < -0.39 is 9.84 Å². The Morgan fingerprint density at radius 3 is 2.52 bits per heavy atom. The number of nitrogens with zero attached hydrogens (tertiary/aromatic N) is 2. The van der Waals surface area contributed by atoms with Gasteiger partial charge in [-0.1, -0.05) is 5.16 Å². The second kappa shape index (κ2) is 7.37. The van der Waals surface area contributed by atoms with Crippen molar-refractivity contribution >= 4 is 21.2 Å². The van der Waals surface area contributed by atoms with Crippen LogP contribution in [-0.2, 0) is 21.3 Å². The first kappa shape index (κ1) is 17.6. The van der Waals surface area contributed by atoms with Crippen LogP contribution in [0.1, 0.15) is 24.1 Å². The zero-order valence-electron chi connectivity index (χ0n) is 13.9. The number of thiazole rings is 1. The van der Waals surface area contributed by atoms with Gasteiger partial charge in [-0.05, 0) is 38.1 Å². The lowest BCUT2D eigenvalue weighted by Crippen LogP contribution is -2.08. The molecule has 3 rings (SSSR count). The minimum absolute atomic E-state index is 0.119. The van der Waals surface area contributed by atoms with Crippen molar-refractivity contribution < 1.29 is 17.7 Å². The molecule has 0 fully saturated rings. The molecule has 0 saturated carbocycles. The van der Waals surface area contributed by atoms with E-state index in [1.807, 2.05) is 31.2 Å². The van der Waals surface area contributed by atoms with E-state index in [4.69, 9.17) is 9.26 Å². The molecule has 0 atom stereocenters. The predicted molar refractivity (Wildman–Crippen MR) is 96.3 cm³/mol. The molecule has 1 aromatic carbocycles. The van der Waals surface area contributed by atoms with Gasteiger partial charge in [0.15, 0.2) is 9.84 Å². The smallest absolute Gasteiger partial charge is 0.161 e. The third-order valence-corrected chi connectivity index (χ3v) is 5.79. The van der Waals surface area contributed by atoms with E-state index in [2.05, 4.69) is 10.1 Å². The normalized spacial score (nSPS) is 11.6. The van der Waals surface area contributed by atoms with E-state index in [-0.39, 0.29) is 11.5 Å². The molecule has 0 radical (unpaired) electrons. The van der Waals surface area contributed by atoms with Crippen molar-refractivity contribution in [2.24, 2.45) is 0 Å². The fraction of sp³-hybridized carbons (Fsp3) is 0.294. The van der Waals surface area contributed by atoms with E-state index in [9.17, 15) is 8.42 Å². The Labute approximate surface area is 150 Å². The van der Waals surface area contributed by atoms with Gasteiger partial charge in [0, 0.05) is 17.0 Å². The molecule has 0 aliphatic rings. The highest BCUT2D eigenvalue weighted by atomic mass is 32.2. The van der Waals surface area contributed by atoms with Gasteiger partial charge in [0.1, 0.15) is 16.5 Å². The zero-order valence-corrected chi connectivity index (χ0v) is 15.6. The quantitative estimate of drug-likeness (QED) is 0.624. The molecule has 0 spiro atoms. The maximum Gasteiger partial charge on any atom is 0.161 e. The monoisotopic (exact) mass is 378 g/mol. The van der Waals surface area contributed by atoms with Crippen molar-refractivity contribution in [3.05, 3.63) is 52.9 Å². The predicted octanol–water partition coefficient (Wildman–Crippen LogP) is 3.62. The van der Waals surface area contributed by atoms with Crippen LogP contribution in [0.2, 0.25) is 0 Å².